The number of methoxy groups -OCH3 is 1. The number of alkyl halides is 1. The maximum Gasteiger partial charge on any atom is 0.186 e. The van der Waals surface area contributed by atoms with Crippen LogP contribution < -0.4 is 0 Å². The summed E-state index contributed by atoms with van der Waals surface area (Å²) < 4.78 is 23.2. The molecule has 5 nitrogen and oxygen atoms in total. The molecule has 1 heterocycles. The fourth-order valence-electron chi connectivity index (χ4n) is 3.14. The predicted octanol–water partition coefficient (Wildman–Crippen LogP) is 3.13. The molecular formula is C21H25ClO5. The summed E-state index contributed by atoms with van der Waals surface area (Å²) >= 11 is 6.11. The summed E-state index contributed by atoms with van der Waals surface area (Å²) in [6.07, 6.45) is -3.40. The smallest absolute Gasteiger partial charge is 0.186 e. The third-order valence-corrected chi connectivity index (χ3v) is 4.87. The standard InChI is InChI=1S/C21H25ClO5/c1-24-21-18(23)20(26-14-16-10-6-3-7-11-16)19(17(12-22)27-21)25-13-15-8-4-2-5-9-15/h2-11,17-21,23H,12-14H2,1H3/t17-,18+,19-,20-,21+/m1/s1. The van der Waals surface area contributed by atoms with E-state index in [4.69, 9.17) is 30.5 Å². The number of halogens is 1. The van der Waals surface area contributed by atoms with Crippen molar-refractivity contribution in [1.82, 2.24) is 0 Å². The van der Waals surface area contributed by atoms with Gasteiger partial charge in [-0.25, -0.2) is 0 Å². The number of aliphatic hydroxyl groups excluding tert-OH is 1. The Kier molecular flexibility index (Phi) is 7.64. The topological polar surface area (TPSA) is 57.2 Å². The van der Waals surface area contributed by atoms with Gasteiger partial charge in [-0.2, -0.15) is 0 Å². The highest BCUT2D eigenvalue weighted by Crippen LogP contribution is 2.28. The highest BCUT2D eigenvalue weighted by atomic mass is 35.5. The maximum absolute atomic E-state index is 10.7. The molecule has 1 saturated heterocycles. The molecular weight excluding hydrogens is 368 g/mol. The summed E-state index contributed by atoms with van der Waals surface area (Å²) in [4.78, 5) is 0. The van der Waals surface area contributed by atoms with E-state index in [1.807, 2.05) is 60.7 Å². The summed E-state index contributed by atoms with van der Waals surface area (Å²) in [6.45, 7) is 0.719. The van der Waals surface area contributed by atoms with Gasteiger partial charge in [0.05, 0.1) is 19.1 Å². The van der Waals surface area contributed by atoms with Gasteiger partial charge >= 0.3 is 0 Å². The lowest BCUT2D eigenvalue weighted by atomic mass is 9.99. The van der Waals surface area contributed by atoms with Crippen molar-refractivity contribution in [3.05, 3.63) is 71.8 Å². The van der Waals surface area contributed by atoms with Gasteiger partial charge in [-0.1, -0.05) is 60.7 Å². The highest BCUT2D eigenvalue weighted by molar-refractivity contribution is 6.18. The van der Waals surface area contributed by atoms with Crippen LogP contribution in [-0.2, 0) is 32.2 Å². The van der Waals surface area contributed by atoms with Crippen molar-refractivity contribution in [2.75, 3.05) is 13.0 Å². The Labute approximate surface area is 164 Å². The largest absolute Gasteiger partial charge is 0.385 e. The van der Waals surface area contributed by atoms with Gasteiger partial charge in [0.1, 0.15) is 24.4 Å². The molecule has 3 rings (SSSR count). The van der Waals surface area contributed by atoms with Crippen LogP contribution in [0.2, 0.25) is 0 Å². The second-order valence-corrected chi connectivity index (χ2v) is 6.75. The zero-order valence-electron chi connectivity index (χ0n) is 15.2. The van der Waals surface area contributed by atoms with E-state index in [9.17, 15) is 5.11 Å². The Morgan fingerprint density at radius 2 is 1.41 bits per heavy atom. The van der Waals surface area contributed by atoms with Crippen molar-refractivity contribution >= 4 is 11.6 Å². The highest BCUT2D eigenvalue weighted by Gasteiger charge is 2.46. The monoisotopic (exact) mass is 392 g/mol. The number of rotatable bonds is 8. The first-order chi connectivity index (χ1) is 13.2. The van der Waals surface area contributed by atoms with E-state index in [0.717, 1.165) is 11.1 Å². The van der Waals surface area contributed by atoms with Gasteiger partial charge in [0.15, 0.2) is 6.29 Å². The van der Waals surface area contributed by atoms with Crippen LogP contribution in [0.5, 0.6) is 0 Å². The molecule has 1 aliphatic heterocycles. The lowest BCUT2D eigenvalue weighted by Crippen LogP contribution is -2.60. The summed E-state index contributed by atoms with van der Waals surface area (Å²) in [5.41, 5.74) is 2.03. The molecule has 2 aromatic carbocycles. The van der Waals surface area contributed by atoms with Crippen LogP contribution in [0.4, 0.5) is 0 Å². The Morgan fingerprint density at radius 3 is 1.89 bits per heavy atom. The number of benzene rings is 2. The lowest BCUT2D eigenvalue weighted by molar-refractivity contribution is -0.303. The second-order valence-electron chi connectivity index (χ2n) is 6.45. The molecule has 0 spiro atoms. The van der Waals surface area contributed by atoms with Gasteiger partial charge < -0.3 is 24.1 Å². The van der Waals surface area contributed by atoms with Gasteiger partial charge in [0.25, 0.3) is 0 Å². The molecule has 0 amide bonds. The van der Waals surface area contributed by atoms with E-state index in [2.05, 4.69) is 0 Å². The molecule has 146 valence electrons. The van der Waals surface area contributed by atoms with Crippen molar-refractivity contribution < 1.29 is 24.1 Å². The van der Waals surface area contributed by atoms with Crippen LogP contribution in [0.25, 0.3) is 0 Å². The average molecular weight is 393 g/mol. The minimum atomic E-state index is -0.987. The lowest BCUT2D eigenvalue weighted by Gasteiger charge is -2.43. The van der Waals surface area contributed by atoms with Crippen LogP contribution in [0.1, 0.15) is 11.1 Å². The van der Waals surface area contributed by atoms with Crippen LogP contribution in [-0.4, -0.2) is 48.8 Å². The fraction of sp³-hybridized carbons (Fsp3) is 0.429. The molecule has 1 N–H and O–H groups in total. The van der Waals surface area contributed by atoms with E-state index < -0.39 is 30.7 Å². The first kappa shape index (κ1) is 20.3. The van der Waals surface area contributed by atoms with E-state index in [-0.39, 0.29) is 5.88 Å². The molecule has 0 aliphatic carbocycles. The normalized spacial score (nSPS) is 28.2. The third-order valence-electron chi connectivity index (χ3n) is 4.57. The first-order valence-electron chi connectivity index (χ1n) is 8.96. The minimum absolute atomic E-state index is 0.206. The summed E-state index contributed by atoms with van der Waals surface area (Å²) in [6, 6.07) is 19.6. The van der Waals surface area contributed by atoms with Crippen molar-refractivity contribution in [3.63, 3.8) is 0 Å². The fourth-order valence-corrected chi connectivity index (χ4v) is 3.39. The zero-order chi connectivity index (χ0) is 19.1. The van der Waals surface area contributed by atoms with E-state index in [1.165, 1.54) is 7.11 Å². The molecule has 1 aliphatic rings. The third kappa shape index (κ3) is 5.29. The number of ether oxygens (including phenoxy) is 4. The van der Waals surface area contributed by atoms with E-state index in [1.54, 1.807) is 0 Å². The Balaban J connectivity index is 1.73. The number of hydrogen-bond donors (Lipinski definition) is 1. The van der Waals surface area contributed by atoms with Crippen molar-refractivity contribution in [2.24, 2.45) is 0 Å². The van der Waals surface area contributed by atoms with Crippen molar-refractivity contribution in [2.45, 2.75) is 43.9 Å². The van der Waals surface area contributed by atoms with Gasteiger partial charge in [0, 0.05) is 7.11 Å². The van der Waals surface area contributed by atoms with Crippen LogP contribution in [0.3, 0.4) is 0 Å². The summed E-state index contributed by atoms with van der Waals surface area (Å²) in [7, 11) is 1.48. The van der Waals surface area contributed by atoms with E-state index in [0.29, 0.717) is 13.2 Å². The molecule has 6 heteroatoms. The maximum atomic E-state index is 10.7. The van der Waals surface area contributed by atoms with Crippen LogP contribution in [0, 0.1) is 0 Å². The number of hydrogen-bond acceptors (Lipinski definition) is 5. The molecule has 2 aromatic rings. The predicted molar refractivity (Wildman–Crippen MR) is 102 cm³/mol. The van der Waals surface area contributed by atoms with Crippen LogP contribution >= 0.6 is 11.6 Å². The summed E-state index contributed by atoms with van der Waals surface area (Å²) in [5.74, 6) is 0.206. The molecule has 0 radical (unpaired) electrons. The molecule has 0 aromatic heterocycles. The van der Waals surface area contributed by atoms with Gasteiger partial charge in [-0.3, -0.25) is 0 Å². The Hall–Kier alpha value is -1.47. The molecule has 0 saturated carbocycles. The van der Waals surface area contributed by atoms with Crippen molar-refractivity contribution in [3.8, 4) is 0 Å². The summed E-state index contributed by atoms with van der Waals surface area (Å²) in [5, 5.41) is 10.7. The first-order valence-corrected chi connectivity index (χ1v) is 9.49. The van der Waals surface area contributed by atoms with Gasteiger partial charge in [0.2, 0.25) is 0 Å². The molecule has 5 atom stereocenters. The SMILES string of the molecule is CO[C@H]1O[C@H](CCl)[C@@H](OCc2ccccc2)[C@H](OCc2ccccc2)[C@@H]1O. The Morgan fingerprint density at radius 1 is 0.889 bits per heavy atom. The second kappa shape index (κ2) is 10.2. The molecule has 0 bridgehead atoms. The zero-order valence-corrected chi connectivity index (χ0v) is 16.0. The van der Waals surface area contributed by atoms with Gasteiger partial charge in [-0.05, 0) is 11.1 Å². The average Bonchev–Trinajstić information content (AvgIpc) is 2.73. The molecule has 27 heavy (non-hydrogen) atoms. The van der Waals surface area contributed by atoms with E-state index >= 15 is 0 Å². The minimum Gasteiger partial charge on any atom is -0.385 e. The quantitative estimate of drug-likeness (QED) is 0.699. The molecule has 0 unspecified atom stereocenters. The van der Waals surface area contributed by atoms with Crippen molar-refractivity contribution in [1.29, 1.82) is 0 Å². The van der Waals surface area contributed by atoms with Crippen LogP contribution in [0.15, 0.2) is 60.7 Å². The Bertz CT molecular complexity index is 669. The van der Waals surface area contributed by atoms with Gasteiger partial charge in [-0.15, -0.1) is 11.6 Å². The molecule has 1 fully saturated rings. The number of aliphatic hydroxyl groups is 1.